The predicted octanol–water partition coefficient (Wildman–Crippen LogP) is 7.57. The summed E-state index contributed by atoms with van der Waals surface area (Å²) in [7, 11) is 0.701. The van der Waals surface area contributed by atoms with E-state index in [-0.39, 0.29) is 5.41 Å². The third kappa shape index (κ3) is 3.17. The van der Waals surface area contributed by atoms with E-state index in [1.54, 1.807) is 5.19 Å². The summed E-state index contributed by atoms with van der Waals surface area (Å²) in [4.78, 5) is 0. The summed E-state index contributed by atoms with van der Waals surface area (Å²) in [6.07, 6.45) is 3.36. The fourth-order valence-corrected chi connectivity index (χ4v) is 7.93. The summed E-state index contributed by atoms with van der Waals surface area (Å²) in [5, 5.41) is 8.55. The summed E-state index contributed by atoms with van der Waals surface area (Å²) in [5.41, 5.74) is 9.83. The number of pyridine rings is 2. The molecule has 0 saturated heterocycles. The van der Waals surface area contributed by atoms with E-state index in [1.807, 2.05) is 0 Å². The van der Waals surface area contributed by atoms with Gasteiger partial charge in [0.2, 0.25) is 5.52 Å². The molecule has 0 amide bonds. The standard InChI is InChI=1S/C32H37N2Si/c1-19-16-24-23-17-21(18-32(3,4)5)10-11-25(23)34-26-12-13-27(35(7,8)9)22-14-15-33(6)31(29(22)26)28(20(19)2)30(24)34/h10-17H,18H2,1-9H3/q+1. The zero-order chi connectivity index (χ0) is 25.0. The van der Waals surface area contributed by atoms with Gasteiger partial charge >= 0.3 is 0 Å². The number of nitrogens with zero attached hydrogens (tertiary/aromatic N) is 2. The maximum atomic E-state index is 2.57. The number of fused-ring (bicyclic) bond motifs is 5. The van der Waals surface area contributed by atoms with Crippen LogP contribution in [0.4, 0.5) is 0 Å². The molecule has 0 fully saturated rings. The Morgan fingerprint density at radius 1 is 0.829 bits per heavy atom. The summed E-state index contributed by atoms with van der Waals surface area (Å²) < 4.78 is 4.92. The van der Waals surface area contributed by atoms with Crippen LogP contribution in [0.5, 0.6) is 0 Å². The molecule has 0 aliphatic carbocycles. The molecule has 0 atom stereocenters. The number of benzene rings is 3. The molecule has 0 saturated carbocycles. The Labute approximate surface area is 209 Å². The van der Waals surface area contributed by atoms with Crippen LogP contribution in [0, 0.1) is 19.3 Å². The topological polar surface area (TPSA) is 8.29 Å². The largest absolute Gasteiger partial charge is 0.307 e. The van der Waals surface area contributed by atoms with Gasteiger partial charge in [-0.25, -0.2) is 4.57 Å². The number of aromatic nitrogens is 2. The lowest BCUT2D eigenvalue weighted by atomic mass is 9.87. The average Bonchev–Trinajstić information content (AvgIpc) is 3.06. The number of hydrogen-bond acceptors (Lipinski definition) is 0. The minimum absolute atomic E-state index is 0.264. The maximum absolute atomic E-state index is 2.57. The summed E-state index contributed by atoms with van der Waals surface area (Å²) in [6.45, 7) is 19.0. The Kier molecular flexibility index (Phi) is 4.55. The van der Waals surface area contributed by atoms with E-state index in [4.69, 9.17) is 0 Å². The van der Waals surface area contributed by atoms with E-state index in [0.29, 0.717) is 0 Å². The van der Waals surface area contributed by atoms with E-state index in [1.165, 1.54) is 65.7 Å². The van der Waals surface area contributed by atoms with Gasteiger partial charge in [0, 0.05) is 16.8 Å². The van der Waals surface area contributed by atoms with Gasteiger partial charge in [0.15, 0.2) is 6.20 Å². The van der Waals surface area contributed by atoms with Gasteiger partial charge in [-0.2, -0.15) is 0 Å². The van der Waals surface area contributed by atoms with Crippen LogP contribution in [-0.4, -0.2) is 12.5 Å². The smallest absolute Gasteiger partial charge is 0.224 e. The van der Waals surface area contributed by atoms with Crippen molar-refractivity contribution in [3.05, 3.63) is 65.4 Å². The van der Waals surface area contributed by atoms with Crippen LogP contribution in [0.25, 0.3) is 49.0 Å². The Bertz CT molecular complexity index is 1810. The van der Waals surface area contributed by atoms with Crippen molar-refractivity contribution in [2.45, 2.75) is 60.7 Å². The van der Waals surface area contributed by atoms with Crippen molar-refractivity contribution >= 4 is 62.3 Å². The minimum Gasteiger partial charge on any atom is -0.307 e. The summed E-state index contributed by atoms with van der Waals surface area (Å²) in [6, 6.07) is 16.8. The average molecular weight is 478 g/mol. The molecule has 3 heteroatoms. The summed E-state index contributed by atoms with van der Waals surface area (Å²) in [5.74, 6) is 0. The first-order valence-corrected chi connectivity index (χ1v) is 16.4. The molecule has 0 unspecified atom stereocenters. The fraction of sp³-hybridized carbons (Fsp3) is 0.344. The van der Waals surface area contributed by atoms with Crippen molar-refractivity contribution < 1.29 is 4.57 Å². The molecule has 6 aromatic rings. The predicted molar refractivity (Wildman–Crippen MR) is 155 cm³/mol. The molecule has 35 heavy (non-hydrogen) atoms. The zero-order valence-electron chi connectivity index (χ0n) is 22.7. The second kappa shape index (κ2) is 7.07. The molecule has 3 heterocycles. The van der Waals surface area contributed by atoms with Gasteiger partial charge in [-0.1, -0.05) is 57.7 Å². The van der Waals surface area contributed by atoms with E-state index < -0.39 is 8.07 Å². The van der Waals surface area contributed by atoms with Gasteiger partial charge in [0.05, 0.1) is 35.4 Å². The molecule has 0 N–H and O–H groups in total. The summed E-state index contributed by atoms with van der Waals surface area (Å²) >= 11 is 0. The number of rotatable bonds is 2. The molecule has 178 valence electrons. The van der Waals surface area contributed by atoms with Crippen molar-refractivity contribution in [1.82, 2.24) is 4.40 Å². The van der Waals surface area contributed by atoms with Gasteiger partial charge in [-0.3, -0.25) is 0 Å². The van der Waals surface area contributed by atoms with Crippen LogP contribution in [0.15, 0.2) is 48.7 Å². The Morgan fingerprint density at radius 3 is 2.23 bits per heavy atom. The lowest BCUT2D eigenvalue weighted by molar-refractivity contribution is -0.643. The highest BCUT2D eigenvalue weighted by atomic mass is 28.3. The van der Waals surface area contributed by atoms with Gasteiger partial charge in [0.25, 0.3) is 0 Å². The van der Waals surface area contributed by atoms with Crippen molar-refractivity contribution in [2.75, 3.05) is 0 Å². The third-order valence-electron chi connectivity index (χ3n) is 7.93. The highest BCUT2D eigenvalue weighted by Gasteiger charge is 2.28. The zero-order valence-corrected chi connectivity index (χ0v) is 23.7. The Hall–Kier alpha value is -2.91. The van der Waals surface area contributed by atoms with Crippen LogP contribution < -0.4 is 9.75 Å². The second-order valence-electron chi connectivity index (χ2n) is 13.0. The second-order valence-corrected chi connectivity index (χ2v) is 18.0. The molecule has 0 bridgehead atoms. The van der Waals surface area contributed by atoms with E-state index in [2.05, 4.69) is 119 Å². The molecule has 0 aliphatic rings. The quantitative estimate of drug-likeness (QED) is 0.105. The van der Waals surface area contributed by atoms with Crippen LogP contribution in [0.3, 0.4) is 0 Å². The molecular formula is C32H37N2Si+. The van der Waals surface area contributed by atoms with Crippen molar-refractivity contribution in [2.24, 2.45) is 12.5 Å². The lowest BCUT2D eigenvalue weighted by Crippen LogP contribution is -2.39. The highest BCUT2D eigenvalue weighted by Crippen LogP contribution is 2.42. The minimum atomic E-state index is -1.51. The molecule has 3 aromatic carbocycles. The molecule has 0 radical (unpaired) electrons. The molecule has 6 rings (SSSR count). The molecule has 0 spiro atoms. The first-order chi connectivity index (χ1) is 16.4. The molecule has 3 aromatic heterocycles. The van der Waals surface area contributed by atoms with Gasteiger partial charge < -0.3 is 4.40 Å². The first kappa shape index (κ1) is 22.5. The van der Waals surface area contributed by atoms with E-state index in [9.17, 15) is 0 Å². The number of hydrogen-bond donors (Lipinski definition) is 0. The van der Waals surface area contributed by atoms with Crippen molar-refractivity contribution in [3.8, 4) is 0 Å². The SMILES string of the molecule is Cc1cc2c3cc(CC(C)(C)C)ccc3n3c4ccc([Si](C)(C)C)c5cc[n+](C)c(c(c1C)c23)c54. The van der Waals surface area contributed by atoms with Crippen LogP contribution >= 0.6 is 0 Å². The Morgan fingerprint density at radius 2 is 1.54 bits per heavy atom. The van der Waals surface area contributed by atoms with Crippen LogP contribution in [-0.2, 0) is 13.5 Å². The monoisotopic (exact) mass is 477 g/mol. The van der Waals surface area contributed by atoms with Crippen LogP contribution in [0.1, 0.15) is 37.5 Å². The van der Waals surface area contributed by atoms with E-state index in [0.717, 1.165) is 6.42 Å². The highest BCUT2D eigenvalue weighted by molar-refractivity contribution is 6.90. The van der Waals surface area contributed by atoms with E-state index >= 15 is 0 Å². The molecule has 2 nitrogen and oxygen atoms in total. The normalized spacial score (nSPS) is 13.4. The first-order valence-electron chi connectivity index (χ1n) is 12.9. The number of aryl methyl sites for hydroxylation is 3. The third-order valence-corrected chi connectivity index (χ3v) is 9.98. The van der Waals surface area contributed by atoms with Crippen LogP contribution in [0.2, 0.25) is 19.6 Å². The van der Waals surface area contributed by atoms with Crippen molar-refractivity contribution in [3.63, 3.8) is 0 Å². The fourth-order valence-electron chi connectivity index (χ4n) is 6.33. The molecular weight excluding hydrogens is 440 g/mol. The molecule has 0 aliphatic heterocycles. The maximum Gasteiger partial charge on any atom is 0.224 e. The van der Waals surface area contributed by atoms with Gasteiger partial charge in [-0.15, -0.1) is 0 Å². The van der Waals surface area contributed by atoms with Crippen molar-refractivity contribution in [1.29, 1.82) is 0 Å². The van der Waals surface area contributed by atoms with Gasteiger partial charge in [0.1, 0.15) is 7.05 Å². The Balaban J connectivity index is 1.92. The van der Waals surface area contributed by atoms with Gasteiger partial charge in [-0.05, 0) is 72.0 Å². The lowest BCUT2D eigenvalue weighted by Gasteiger charge is -2.21.